The van der Waals surface area contributed by atoms with Crippen LogP contribution in [0.15, 0.2) is 42.6 Å². The topological polar surface area (TPSA) is 88.7 Å². The number of carboxylic acid groups (broad SMARTS) is 1. The van der Waals surface area contributed by atoms with Crippen molar-refractivity contribution in [2.75, 3.05) is 26.7 Å². The summed E-state index contributed by atoms with van der Waals surface area (Å²) in [5.74, 6) is 2.61. The zero-order valence-electron chi connectivity index (χ0n) is 20.4. The first kappa shape index (κ1) is 26.5. The highest BCUT2D eigenvalue weighted by Crippen LogP contribution is 2.34. The van der Waals surface area contributed by atoms with E-state index in [1.54, 1.807) is 18.2 Å². The van der Waals surface area contributed by atoms with Gasteiger partial charge < -0.3 is 15.6 Å². The van der Waals surface area contributed by atoms with Crippen molar-refractivity contribution in [3.05, 3.63) is 71.2 Å². The van der Waals surface area contributed by atoms with Crippen LogP contribution < -0.4 is 10.5 Å². The summed E-state index contributed by atoms with van der Waals surface area (Å²) >= 11 is 0. The lowest BCUT2D eigenvalue weighted by molar-refractivity contribution is -0.146. The minimum absolute atomic E-state index is 0.0350. The maximum Gasteiger partial charge on any atom is 0.308 e. The number of halogens is 3. The molecule has 1 aliphatic heterocycles. The fraction of sp³-hybridized carbons (Fsp3) is 0.357. The van der Waals surface area contributed by atoms with Gasteiger partial charge in [-0.25, -0.2) is 13.2 Å². The number of carboxylic acids is 1. The molecule has 1 saturated heterocycles. The molecule has 2 unspecified atom stereocenters. The van der Waals surface area contributed by atoms with Gasteiger partial charge >= 0.3 is 5.97 Å². The number of aromatic nitrogens is 1. The van der Waals surface area contributed by atoms with E-state index in [1.807, 2.05) is 4.90 Å². The summed E-state index contributed by atoms with van der Waals surface area (Å²) in [5, 5.41) is 10.4. The second kappa shape index (κ2) is 11.6. The number of ether oxygens (including phenoxy) is 1. The largest absolute Gasteiger partial charge is 0.497 e. The molecule has 0 spiro atoms. The summed E-state index contributed by atoms with van der Waals surface area (Å²) in [6.07, 6.45) is 2.67. The highest BCUT2D eigenvalue weighted by atomic mass is 19.1. The van der Waals surface area contributed by atoms with Gasteiger partial charge in [-0.2, -0.15) is 0 Å². The SMILES string of the molecule is COc1ccc2ncc(F)c([C@H](N)CCC3CCN(CC#Cc4cc(F)ccc4F)CC3C(=O)O)c2c1. The number of nitrogens with zero attached hydrogens (tertiary/aromatic N) is 2. The number of carbonyl (C=O) groups is 1. The molecular formula is C28H28F3N3O3. The molecule has 9 heteroatoms. The quantitative estimate of drug-likeness (QED) is 0.454. The molecule has 4 rings (SSSR count). The van der Waals surface area contributed by atoms with Crippen molar-refractivity contribution in [2.24, 2.45) is 17.6 Å². The first-order chi connectivity index (χ1) is 17.8. The van der Waals surface area contributed by atoms with E-state index in [1.165, 1.54) is 7.11 Å². The highest BCUT2D eigenvalue weighted by Gasteiger charge is 2.34. The third-order valence-electron chi connectivity index (χ3n) is 6.90. The maximum atomic E-state index is 14.8. The van der Waals surface area contributed by atoms with Crippen molar-refractivity contribution in [1.82, 2.24) is 9.88 Å². The first-order valence-electron chi connectivity index (χ1n) is 12.0. The summed E-state index contributed by atoms with van der Waals surface area (Å²) in [7, 11) is 1.53. The monoisotopic (exact) mass is 511 g/mol. The number of hydrogen-bond donors (Lipinski definition) is 2. The van der Waals surface area contributed by atoms with Crippen LogP contribution in [-0.2, 0) is 4.79 Å². The summed E-state index contributed by atoms with van der Waals surface area (Å²) in [6.45, 7) is 1.12. The van der Waals surface area contributed by atoms with Crippen molar-refractivity contribution in [3.63, 3.8) is 0 Å². The van der Waals surface area contributed by atoms with Gasteiger partial charge in [-0.15, -0.1) is 0 Å². The van der Waals surface area contributed by atoms with E-state index in [2.05, 4.69) is 16.8 Å². The van der Waals surface area contributed by atoms with Crippen LogP contribution in [0.5, 0.6) is 5.75 Å². The molecular weight excluding hydrogens is 483 g/mol. The fourth-order valence-electron chi connectivity index (χ4n) is 4.89. The van der Waals surface area contributed by atoms with Gasteiger partial charge in [-0.1, -0.05) is 11.8 Å². The van der Waals surface area contributed by atoms with Crippen LogP contribution in [0.2, 0.25) is 0 Å². The molecule has 0 saturated carbocycles. The molecule has 1 fully saturated rings. The number of hydrogen-bond acceptors (Lipinski definition) is 5. The van der Waals surface area contributed by atoms with E-state index >= 15 is 0 Å². The lowest BCUT2D eigenvalue weighted by atomic mass is 9.81. The Balaban J connectivity index is 1.41. The standard InChI is InChI=1S/C28H28F3N3O3/c1-37-20-6-9-26-21(14-20)27(24(31)15-33-26)25(32)8-4-17-10-12-34(16-22(17)28(35)36)11-2-3-18-13-19(29)5-7-23(18)30/h5-7,9,13-15,17,22,25H,4,8,10-12,16,32H2,1H3,(H,35,36)/t17?,22?,25-/m1/s1. The number of rotatable bonds is 7. The van der Waals surface area contributed by atoms with Crippen LogP contribution in [0, 0.1) is 41.1 Å². The van der Waals surface area contributed by atoms with Crippen LogP contribution in [0.1, 0.15) is 36.4 Å². The number of benzene rings is 2. The van der Waals surface area contributed by atoms with Crippen LogP contribution in [0.4, 0.5) is 13.2 Å². The molecule has 6 nitrogen and oxygen atoms in total. The van der Waals surface area contributed by atoms with E-state index in [4.69, 9.17) is 10.5 Å². The Bertz CT molecular complexity index is 1350. The zero-order chi connectivity index (χ0) is 26.5. The number of nitrogens with two attached hydrogens (primary N) is 1. The smallest absolute Gasteiger partial charge is 0.308 e. The predicted molar refractivity (Wildman–Crippen MR) is 133 cm³/mol. The Morgan fingerprint density at radius 2 is 2.05 bits per heavy atom. The average molecular weight is 512 g/mol. The molecule has 1 aromatic heterocycles. The van der Waals surface area contributed by atoms with Gasteiger partial charge in [0.25, 0.3) is 0 Å². The number of aliphatic carboxylic acids is 1. The molecule has 0 radical (unpaired) electrons. The molecule has 0 bridgehead atoms. The number of likely N-dealkylation sites (tertiary alicyclic amines) is 1. The number of fused-ring (bicyclic) bond motifs is 1. The normalized spacial score (nSPS) is 18.7. The van der Waals surface area contributed by atoms with Gasteiger partial charge in [0, 0.05) is 23.5 Å². The molecule has 1 aliphatic rings. The summed E-state index contributed by atoms with van der Waals surface area (Å²) < 4.78 is 47.1. The first-order valence-corrected chi connectivity index (χ1v) is 12.0. The second-order valence-electron chi connectivity index (χ2n) is 9.24. The molecule has 37 heavy (non-hydrogen) atoms. The maximum absolute atomic E-state index is 14.8. The molecule has 194 valence electrons. The van der Waals surface area contributed by atoms with Crippen molar-refractivity contribution < 1.29 is 27.8 Å². The lowest BCUT2D eigenvalue weighted by Crippen LogP contribution is -2.44. The molecule has 3 aromatic rings. The third-order valence-corrected chi connectivity index (χ3v) is 6.90. The Morgan fingerprint density at radius 3 is 2.81 bits per heavy atom. The summed E-state index contributed by atoms with van der Waals surface area (Å²) in [6, 6.07) is 7.62. The van der Waals surface area contributed by atoms with Crippen molar-refractivity contribution in [1.29, 1.82) is 0 Å². The Hall–Kier alpha value is -3.61. The van der Waals surface area contributed by atoms with Gasteiger partial charge in [0.2, 0.25) is 0 Å². The average Bonchev–Trinajstić information content (AvgIpc) is 2.89. The van der Waals surface area contributed by atoms with Gasteiger partial charge in [-0.3, -0.25) is 14.7 Å². The molecule has 2 heterocycles. The number of piperidine rings is 1. The van der Waals surface area contributed by atoms with Gasteiger partial charge in [0.15, 0.2) is 0 Å². The highest BCUT2D eigenvalue weighted by molar-refractivity contribution is 5.84. The number of methoxy groups -OCH3 is 1. The van der Waals surface area contributed by atoms with Crippen molar-refractivity contribution >= 4 is 16.9 Å². The van der Waals surface area contributed by atoms with E-state index in [0.29, 0.717) is 48.0 Å². The Morgan fingerprint density at radius 1 is 1.24 bits per heavy atom. The summed E-state index contributed by atoms with van der Waals surface area (Å²) in [5.41, 5.74) is 7.33. The summed E-state index contributed by atoms with van der Waals surface area (Å²) in [4.78, 5) is 18.1. The van der Waals surface area contributed by atoms with Crippen molar-refractivity contribution in [2.45, 2.75) is 25.3 Å². The van der Waals surface area contributed by atoms with E-state index in [-0.39, 0.29) is 24.6 Å². The van der Waals surface area contributed by atoms with Crippen LogP contribution in [0.3, 0.4) is 0 Å². The van der Waals surface area contributed by atoms with Crippen LogP contribution in [-0.4, -0.2) is 47.7 Å². The van der Waals surface area contributed by atoms with E-state index < -0.39 is 35.4 Å². The van der Waals surface area contributed by atoms with Gasteiger partial charge in [0.1, 0.15) is 23.2 Å². The van der Waals surface area contributed by atoms with Crippen LogP contribution in [0.25, 0.3) is 10.9 Å². The molecule has 0 aliphatic carbocycles. The van der Waals surface area contributed by atoms with Crippen LogP contribution >= 0.6 is 0 Å². The van der Waals surface area contributed by atoms with Gasteiger partial charge in [0.05, 0.1) is 36.8 Å². The third kappa shape index (κ3) is 6.21. The lowest BCUT2D eigenvalue weighted by Gasteiger charge is -2.36. The Kier molecular flexibility index (Phi) is 8.31. The molecule has 3 atom stereocenters. The van der Waals surface area contributed by atoms with Gasteiger partial charge in [-0.05, 0) is 68.1 Å². The zero-order valence-corrected chi connectivity index (χ0v) is 20.4. The van der Waals surface area contributed by atoms with E-state index in [0.717, 1.165) is 24.4 Å². The predicted octanol–water partition coefficient (Wildman–Crippen LogP) is 4.52. The van der Waals surface area contributed by atoms with E-state index in [9.17, 15) is 23.1 Å². The Labute approximate surface area is 213 Å². The molecule has 2 aromatic carbocycles. The minimum atomic E-state index is -0.919. The number of pyridine rings is 1. The molecule has 0 amide bonds. The minimum Gasteiger partial charge on any atom is -0.497 e. The van der Waals surface area contributed by atoms with Crippen molar-refractivity contribution in [3.8, 4) is 17.6 Å². The fourth-order valence-corrected chi connectivity index (χ4v) is 4.89. The molecule has 3 N–H and O–H groups in total. The second-order valence-corrected chi connectivity index (χ2v) is 9.24.